The average molecular weight is 217 g/mol. The molecule has 15 heavy (non-hydrogen) atoms. The number of carbonyl (C=O) groups is 1. The summed E-state index contributed by atoms with van der Waals surface area (Å²) in [5.41, 5.74) is 0. The Morgan fingerprint density at radius 2 is 2.13 bits per heavy atom. The normalized spacial score (nSPS) is 28.1. The number of esters is 1. The van der Waals surface area contributed by atoms with Gasteiger partial charge in [0.25, 0.3) is 0 Å². The molecule has 1 aliphatic rings. The Bertz CT molecular complexity index is 255. The van der Waals surface area contributed by atoms with Crippen molar-refractivity contribution in [2.75, 3.05) is 7.11 Å². The topological polar surface area (TPSA) is 89.7 Å². The summed E-state index contributed by atoms with van der Waals surface area (Å²) in [4.78, 5) is 21.4. The van der Waals surface area contributed by atoms with Crippen molar-refractivity contribution in [1.82, 2.24) is 0 Å². The van der Waals surface area contributed by atoms with Crippen LogP contribution in [0.25, 0.3) is 0 Å². The number of carbonyl (C=O) groups excluding carboxylic acids is 1. The molecule has 3 atom stereocenters. The molecule has 0 radical (unpaired) electrons. The first-order valence-corrected chi connectivity index (χ1v) is 4.97. The van der Waals surface area contributed by atoms with Crippen molar-refractivity contribution >= 4 is 5.97 Å². The fourth-order valence-corrected chi connectivity index (χ4v) is 2.07. The molecule has 1 rings (SSSR count). The SMILES string of the molecule is COC(=O)[C@@H](O)[C@@H]1CCCC[C@@H]1[N+](=O)[O-]. The number of nitrogens with zero attached hydrogens (tertiary/aromatic N) is 1. The highest BCUT2D eigenvalue weighted by Gasteiger charge is 2.41. The van der Waals surface area contributed by atoms with Crippen LogP contribution in [0.2, 0.25) is 0 Å². The van der Waals surface area contributed by atoms with Gasteiger partial charge in [-0.25, -0.2) is 4.79 Å². The minimum Gasteiger partial charge on any atom is -0.467 e. The summed E-state index contributed by atoms with van der Waals surface area (Å²) in [6.07, 6.45) is 1.14. The number of aliphatic hydroxyl groups is 1. The monoisotopic (exact) mass is 217 g/mol. The summed E-state index contributed by atoms with van der Waals surface area (Å²) in [5.74, 6) is -1.39. The van der Waals surface area contributed by atoms with Crippen molar-refractivity contribution in [3.63, 3.8) is 0 Å². The van der Waals surface area contributed by atoms with Crippen LogP contribution in [0.4, 0.5) is 0 Å². The number of ether oxygens (including phenoxy) is 1. The average Bonchev–Trinajstić information content (AvgIpc) is 2.27. The van der Waals surface area contributed by atoms with Crippen LogP contribution in [0.1, 0.15) is 25.7 Å². The first kappa shape index (κ1) is 11.9. The van der Waals surface area contributed by atoms with Gasteiger partial charge < -0.3 is 9.84 Å². The summed E-state index contributed by atoms with van der Waals surface area (Å²) in [6, 6.07) is -0.826. The Morgan fingerprint density at radius 3 is 2.67 bits per heavy atom. The Labute approximate surface area is 87.4 Å². The first-order valence-electron chi connectivity index (χ1n) is 4.97. The second-order valence-electron chi connectivity index (χ2n) is 3.77. The minimum absolute atomic E-state index is 0.407. The number of nitro groups is 1. The maximum atomic E-state index is 11.1. The van der Waals surface area contributed by atoms with E-state index in [0.29, 0.717) is 12.8 Å². The largest absolute Gasteiger partial charge is 0.467 e. The van der Waals surface area contributed by atoms with E-state index in [1.54, 1.807) is 0 Å². The molecule has 0 heterocycles. The van der Waals surface area contributed by atoms with Gasteiger partial charge >= 0.3 is 5.97 Å². The molecule has 0 unspecified atom stereocenters. The Kier molecular flexibility index (Phi) is 4.02. The number of hydrogen-bond acceptors (Lipinski definition) is 5. The van der Waals surface area contributed by atoms with Crippen LogP contribution in [0.5, 0.6) is 0 Å². The summed E-state index contributed by atoms with van der Waals surface area (Å²) >= 11 is 0. The zero-order chi connectivity index (χ0) is 11.4. The van der Waals surface area contributed by atoms with E-state index in [1.807, 2.05) is 0 Å². The van der Waals surface area contributed by atoms with E-state index < -0.39 is 29.0 Å². The molecule has 0 bridgehead atoms. The predicted octanol–water partition coefficient (Wildman–Crippen LogP) is 0.356. The van der Waals surface area contributed by atoms with Crippen molar-refractivity contribution in [2.45, 2.75) is 37.8 Å². The lowest BCUT2D eigenvalue weighted by atomic mass is 9.81. The fraction of sp³-hybridized carbons (Fsp3) is 0.889. The van der Waals surface area contributed by atoms with E-state index in [2.05, 4.69) is 4.74 Å². The smallest absolute Gasteiger partial charge is 0.335 e. The van der Waals surface area contributed by atoms with Crippen LogP contribution < -0.4 is 0 Å². The number of aliphatic hydroxyl groups excluding tert-OH is 1. The molecule has 0 aromatic rings. The van der Waals surface area contributed by atoms with Gasteiger partial charge in [0.2, 0.25) is 6.04 Å². The molecular formula is C9H15NO5. The van der Waals surface area contributed by atoms with Crippen molar-refractivity contribution < 1.29 is 19.6 Å². The van der Waals surface area contributed by atoms with Gasteiger partial charge in [0.05, 0.1) is 13.0 Å². The van der Waals surface area contributed by atoms with E-state index in [9.17, 15) is 20.0 Å². The number of hydrogen-bond donors (Lipinski definition) is 1. The lowest BCUT2D eigenvalue weighted by Crippen LogP contribution is -2.43. The van der Waals surface area contributed by atoms with Gasteiger partial charge in [-0.15, -0.1) is 0 Å². The molecule has 0 saturated heterocycles. The molecule has 0 aromatic heterocycles. The van der Waals surface area contributed by atoms with Gasteiger partial charge in [-0.05, 0) is 12.8 Å². The second-order valence-corrected chi connectivity index (χ2v) is 3.77. The first-order chi connectivity index (χ1) is 7.07. The van der Waals surface area contributed by atoms with E-state index in [1.165, 1.54) is 0 Å². The molecule has 86 valence electrons. The van der Waals surface area contributed by atoms with Crippen LogP contribution >= 0.6 is 0 Å². The molecule has 0 aliphatic heterocycles. The van der Waals surface area contributed by atoms with Crippen LogP contribution in [0.15, 0.2) is 0 Å². The molecule has 0 amide bonds. The highest BCUT2D eigenvalue weighted by Crippen LogP contribution is 2.29. The van der Waals surface area contributed by atoms with Crippen molar-refractivity contribution in [3.8, 4) is 0 Å². The Balaban J connectivity index is 2.71. The molecule has 1 aliphatic carbocycles. The summed E-state index contributed by atoms with van der Waals surface area (Å²) in [7, 11) is 1.16. The second kappa shape index (κ2) is 5.06. The zero-order valence-corrected chi connectivity index (χ0v) is 8.59. The molecule has 6 nitrogen and oxygen atoms in total. The highest BCUT2D eigenvalue weighted by molar-refractivity contribution is 5.74. The van der Waals surface area contributed by atoms with E-state index in [4.69, 9.17) is 0 Å². The van der Waals surface area contributed by atoms with E-state index in [-0.39, 0.29) is 0 Å². The Hall–Kier alpha value is -1.17. The predicted molar refractivity (Wildman–Crippen MR) is 50.8 cm³/mol. The van der Waals surface area contributed by atoms with Gasteiger partial charge in [-0.1, -0.05) is 6.42 Å². The summed E-state index contributed by atoms with van der Waals surface area (Å²) in [5, 5.41) is 20.3. The zero-order valence-electron chi connectivity index (χ0n) is 8.59. The maximum Gasteiger partial charge on any atom is 0.335 e. The number of methoxy groups -OCH3 is 1. The van der Waals surface area contributed by atoms with E-state index >= 15 is 0 Å². The van der Waals surface area contributed by atoms with Crippen LogP contribution in [-0.4, -0.2) is 35.3 Å². The molecular weight excluding hydrogens is 202 g/mol. The molecule has 1 fully saturated rings. The van der Waals surface area contributed by atoms with Crippen LogP contribution in [-0.2, 0) is 9.53 Å². The minimum atomic E-state index is -1.37. The van der Waals surface area contributed by atoms with Crippen molar-refractivity contribution in [1.29, 1.82) is 0 Å². The quantitative estimate of drug-likeness (QED) is 0.418. The van der Waals surface area contributed by atoms with E-state index in [0.717, 1.165) is 20.0 Å². The standard InChI is InChI=1S/C9H15NO5/c1-15-9(12)8(11)6-4-2-3-5-7(6)10(13)14/h6-8,11H,2-5H2,1H3/t6-,7+,8+/m1/s1. The van der Waals surface area contributed by atoms with Crippen LogP contribution in [0.3, 0.4) is 0 Å². The summed E-state index contributed by atoms with van der Waals surface area (Å²) < 4.78 is 4.38. The Morgan fingerprint density at radius 1 is 1.53 bits per heavy atom. The third kappa shape index (κ3) is 2.65. The van der Waals surface area contributed by atoms with Gasteiger partial charge in [0.1, 0.15) is 0 Å². The third-order valence-corrected chi connectivity index (χ3v) is 2.90. The van der Waals surface area contributed by atoms with Gasteiger partial charge in [-0.2, -0.15) is 0 Å². The summed E-state index contributed by atoms with van der Waals surface area (Å²) in [6.45, 7) is 0. The van der Waals surface area contributed by atoms with Crippen LogP contribution in [0, 0.1) is 16.0 Å². The van der Waals surface area contributed by atoms with Gasteiger partial charge in [0.15, 0.2) is 6.10 Å². The lowest BCUT2D eigenvalue weighted by Gasteiger charge is -2.27. The maximum absolute atomic E-state index is 11.1. The lowest BCUT2D eigenvalue weighted by molar-refractivity contribution is -0.537. The van der Waals surface area contributed by atoms with Gasteiger partial charge in [-0.3, -0.25) is 10.1 Å². The third-order valence-electron chi connectivity index (χ3n) is 2.90. The molecule has 1 N–H and O–H groups in total. The molecule has 0 spiro atoms. The van der Waals surface area contributed by atoms with Gasteiger partial charge in [0, 0.05) is 11.3 Å². The molecule has 1 saturated carbocycles. The molecule has 0 aromatic carbocycles. The van der Waals surface area contributed by atoms with Crippen molar-refractivity contribution in [2.24, 2.45) is 5.92 Å². The number of rotatable bonds is 3. The molecule has 6 heteroatoms. The highest BCUT2D eigenvalue weighted by atomic mass is 16.6. The van der Waals surface area contributed by atoms with Crippen molar-refractivity contribution in [3.05, 3.63) is 10.1 Å². The fourth-order valence-electron chi connectivity index (χ4n) is 2.07.